The summed E-state index contributed by atoms with van der Waals surface area (Å²) in [6.45, 7) is 12.2. The van der Waals surface area contributed by atoms with Crippen LogP contribution < -0.4 is 0 Å². The van der Waals surface area contributed by atoms with Crippen molar-refractivity contribution in [2.75, 3.05) is 5.75 Å². The van der Waals surface area contributed by atoms with Crippen LogP contribution in [0.4, 0.5) is 8.78 Å². The summed E-state index contributed by atoms with van der Waals surface area (Å²) in [5.74, 6) is -0.644. The number of ether oxygens (including phenoxy) is 1. The van der Waals surface area contributed by atoms with Crippen LogP contribution >= 0.6 is 35.0 Å². The molecule has 3 nitrogen and oxygen atoms in total. The van der Waals surface area contributed by atoms with Crippen LogP contribution in [0.25, 0.3) is 0 Å². The second-order valence-electron chi connectivity index (χ2n) is 9.62. The molecule has 2 aromatic carbocycles. The van der Waals surface area contributed by atoms with E-state index < -0.39 is 29.9 Å². The second kappa shape index (κ2) is 11.6. The van der Waals surface area contributed by atoms with Crippen LogP contribution in [-0.4, -0.2) is 33.5 Å². The zero-order chi connectivity index (χ0) is 25.9. The molecule has 0 N–H and O–H groups in total. The number of amides is 1. The quantitative estimate of drug-likeness (QED) is 0.315. The van der Waals surface area contributed by atoms with Crippen molar-refractivity contribution in [1.29, 1.82) is 0 Å². The van der Waals surface area contributed by atoms with E-state index in [1.54, 1.807) is 34.9 Å². The highest BCUT2D eigenvalue weighted by atomic mass is 35.5. The van der Waals surface area contributed by atoms with Crippen LogP contribution in [0.1, 0.15) is 63.8 Å². The first-order valence-electron chi connectivity index (χ1n) is 11.6. The van der Waals surface area contributed by atoms with Gasteiger partial charge in [0.25, 0.3) is 5.91 Å². The van der Waals surface area contributed by atoms with E-state index in [1.165, 1.54) is 24.3 Å². The monoisotopic (exact) mass is 541 g/mol. The largest absolute Gasteiger partial charge is 0.358 e. The summed E-state index contributed by atoms with van der Waals surface area (Å²) in [7, 11) is 0. The van der Waals surface area contributed by atoms with E-state index >= 15 is 0 Å². The standard InChI is InChI=1S/C27H31Cl2F2NO2S/c1-6-8-23-26(33)32(20(7-2)15-35-27(3,4)5)24(16-9-10-21(29)22(31)13-16)25(34-23)17-11-18(28)14-19(30)12-17/h6,9-14,20,23-25H,1,7-8,15H2,2-5H3/t20-,23-,24+,25+/m0/s1. The van der Waals surface area contributed by atoms with Crippen LogP contribution in [0.2, 0.25) is 10.0 Å². The molecule has 8 heteroatoms. The van der Waals surface area contributed by atoms with Crippen molar-refractivity contribution in [2.24, 2.45) is 0 Å². The van der Waals surface area contributed by atoms with Gasteiger partial charge in [0.15, 0.2) is 0 Å². The normalized spacial score (nSPS) is 21.8. The van der Waals surface area contributed by atoms with Crippen LogP contribution in [-0.2, 0) is 9.53 Å². The highest BCUT2D eigenvalue weighted by molar-refractivity contribution is 8.00. The summed E-state index contributed by atoms with van der Waals surface area (Å²) in [5, 5.41) is 0.192. The predicted molar refractivity (Wildman–Crippen MR) is 141 cm³/mol. The number of hydrogen-bond acceptors (Lipinski definition) is 3. The number of carbonyl (C=O) groups is 1. The van der Waals surface area contributed by atoms with Crippen molar-refractivity contribution in [3.8, 4) is 0 Å². The van der Waals surface area contributed by atoms with Crippen LogP contribution in [0.5, 0.6) is 0 Å². The number of benzene rings is 2. The minimum atomic E-state index is -0.804. The lowest BCUT2D eigenvalue weighted by Crippen LogP contribution is -2.55. The van der Waals surface area contributed by atoms with Gasteiger partial charge in [-0.3, -0.25) is 4.79 Å². The van der Waals surface area contributed by atoms with Crippen molar-refractivity contribution >= 4 is 40.9 Å². The van der Waals surface area contributed by atoms with Gasteiger partial charge in [0, 0.05) is 28.0 Å². The molecule has 0 aliphatic carbocycles. The third-order valence-electron chi connectivity index (χ3n) is 5.88. The minimum absolute atomic E-state index is 0.0133. The van der Waals surface area contributed by atoms with E-state index in [-0.39, 0.29) is 26.7 Å². The molecule has 3 rings (SSSR count). The van der Waals surface area contributed by atoms with Crippen molar-refractivity contribution in [3.05, 3.63) is 81.9 Å². The molecule has 190 valence electrons. The molecule has 0 radical (unpaired) electrons. The summed E-state index contributed by atoms with van der Waals surface area (Å²) >= 11 is 13.9. The first kappa shape index (κ1) is 28.0. The average Bonchev–Trinajstić information content (AvgIpc) is 2.77. The topological polar surface area (TPSA) is 29.5 Å². The molecular formula is C27H31Cl2F2NO2S. The van der Waals surface area contributed by atoms with Gasteiger partial charge >= 0.3 is 0 Å². The molecule has 0 unspecified atom stereocenters. The number of thioether (sulfide) groups is 1. The maximum atomic E-state index is 14.6. The van der Waals surface area contributed by atoms with E-state index in [1.807, 2.05) is 6.92 Å². The Hall–Kier alpha value is -1.60. The van der Waals surface area contributed by atoms with Crippen molar-refractivity contribution in [2.45, 2.75) is 69.6 Å². The predicted octanol–water partition coefficient (Wildman–Crippen LogP) is 8.17. The Labute approximate surface area is 220 Å². The molecule has 1 aliphatic rings. The van der Waals surface area contributed by atoms with Gasteiger partial charge in [0.1, 0.15) is 23.8 Å². The van der Waals surface area contributed by atoms with Crippen LogP contribution in [0, 0.1) is 11.6 Å². The van der Waals surface area contributed by atoms with Gasteiger partial charge in [-0.2, -0.15) is 11.8 Å². The zero-order valence-corrected chi connectivity index (χ0v) is 22.7. The van der Waals surface area contributed by atoms with E-state index in [4.69, 9.17) is 27.9 Å². The Balaban J connectivity index is 2.20. The molecule has 2 aromatic rings. The minimum Gasteiger partial charge on any atom is -0.358 e. The second-order valence-corrected chi connectivity index (χ2v) is 12.3. The number of hydrogen-bond donors (Lipinski definition) is 0. The Morgan fingerprint density at radius 1 is 1.17 bits per heavy atom. The van der Waals surface area contributed by atoms with Gasteiger partial charge < -0.3 is 9.64 Å². The molecule has 1 saturated heterocycles. The van der Waals surface area contributed by atoms with Gasteiger partial charge in [-0.15, -0.1) is 6.58 Å². The first-order valence-corrected chi connectivity index (χ1v) is 13.3. The fourth-order valence-electron chi connectivity index (χ4n) is 4.25. The molecule has 0 spiro atoms. The summed E-state index contributed by atoms with van der Waals surface area (Å²) in [5.41, 5.74) is 0.988. The summed E-state index contributed by atoms with van der Waals surface area (Å²) in [6.07, 6.45) is 1.02. The molecule has 1 heterocycles. The molecule has 1 fully saturated rings. The van der Waals surface area contributed by atoms with Crippen LogP contribution in [0.3, 0.4) is 0 Å². The van der Waals surface area contributed by atoms with Crippen molar-refractivity contribution < 1.29 is 18.3 Å². The Bertz CT molecular complexity index is 1060. The molecule has 0 bridgehead atoms. The lowest BCUT2D eigenvalue weighted by atomic mass is 9.89. The highest BCUT2D eigenvalue weighted by Crippen LogP contribution is 2.45. The van der Waals surface area contributed by atoms with Crippen LogP contribution in [0.15, 0.2) is 49.1 Å². The average molecular weight is 543 g/mol. The lowest BCUT2D eigenvalue weighted by Gasteiger charge is -2.48. The highest BCUT2D eigenvalue weighted by Gasteiger charge is 2.46. The first-order chi connectivity index (χ1) is 16.4. The summed E-state index contributed by atoms with van der Waals surface area (Å²) < 4.78 is 35.3. The lowest BCUT2D eigenvalue weighted by molar-refractivity contribution is -0.178. The number of carbonyl (C=O) groups excluding carboxylic acids is 1. The van der Waals surface area contributed by atoms with Gasteiger partial charge in [0.05, 0.1) is 11.1 Å². The maximum Gasteiger partial charge on any atom is 0.252 e. The van der Waals surface area contributed by atoms with Gasteiger partial charge in [0.2, 0.25) is 0 Å². The third-order valence-corrected chi connectivity index (χ3v) is 7.82. The Morgan fingerprint density at radius 2 is 1.89 bits per heavy atom. The van der Waals surface area contributed by atoms with Crippen molar-refractivity contribution in [3.63, 3.8) is 0 Å². The molecule has 4 atom stereocenters. The summed E-state index contributed by atoms with van der Waals surface area (Å²) in [4.78, 5) is 15.6. The maximum absolute atomic E-state index is 14.6. The zero-order valence-electron chi connectivity index (χ0n) is 20.4. The molecule has 0 aromatic heterocycles. The number of halogens is 4. The molecule has 0 saturated carbocycles. The third kappa shape index (κ3) is 6.79. The molecule has 1 amide bonds. The van der Waals surface area contributed by atoms with E-state index in [2.05, 4.69) is 27.4 Å². The summed E-state index contributed by atoms with van der Waals surface area (Å²) in [6, 6.07) is 7.77. The van der Waals surface area contributed by atoms with E-state index in [9.17, 15) is 13.6 Å². The smallest absolute Gasteiger partial charge is 0.252 e. The van der Waals surface area contributed by atoms with Crippen molar-refractivity contribution in [1.82, 2.24) is 4.90 Å². The SMILES string of the molecule is C=CC[C@@H]1O[C@H](c2cc(F)cc(Cl)c2)[C@@H](c2ccc(Cl)c(F)c2)N([C@@H](CC)CSC(C)(C)C)C1=O. The Morgan fingerprint density at radius 3 is 2.46 bits per heavy atom. The molecule has 35 heavy (non-hydrogen) atoms. The van der Waals surface area contributed by atoms with E-state index in [0.717, 1.165) is 0 Å². The number of rotatable bonds is 8. The molecule has 1 aliphatic heterocycles. The fourth-order valence-corrected chi connectivity index (χ4v) is 5.68. The molecular weight excluding hydrogens is 511 g/mol. The van der Waals surface area contributed by atoms with Gasteiger partial charge in [-0.1, -0.05) is 63.0 Å². The van der Waals surface area contributed by atoms with Gasteiger partial charge in [-0.25, -0.2) is 8.78 Å². The number of morpholine rings is 1. The Kier molecular flexibility index (Phi) is 9.30. The van der Waals surface area contributed by atoms with Gasteiger partial charge in [-0.05, 0) is 47.9 Å². The number of nitrogens with zero attached hydrogens (tertiary/aromatic N) is 1. The fraction of sp³-hybridized carbons (Fsp3) is 0.444. The van der Waals surface area contributed by atoms with E-state index in [0.29, 0.717) is 29.7 Å².